The van der Waals surface area contributed by atoms with Crippen molar-refractivity contribution < 1.29 is 9.53 Å². The van der Waals surface area contributed by atoms with E-state index in [1.807, 2.05) is 24.3 Å². The lowest BCUT2D eigenvalue weighted by atomic mass is 10.2. The normalized spacial score (nSPS) is 11.9. The Morgan fingerprint density at radius 1 is 1.47 bits per heavy atom. The van der Waals surface area contributed by atoms with Gasteiger partial charge in [0.15, 0.2) is 0 Å². The van der Waals surface area contributed by atoms with Gasteiger partial charge in [-0.3, -0.25) is 10.1 Å². The molecule has 1 atom stereocenters. The number of nitrogens with zero attached hydrogens (tertiary/aromatic N) is 2. The van der Waals surface area contributed by atoms with Gasteiger partial charge in [-0.1, -0.05) is 23.5 Å². The molecule has 0 aliphatic carbocycles. The average molecular weight is 278 g/mol. The van der Waals surface area contributed by atoms with Crippen LogP contribution in [0.15, 0.2) is 24.3 Å². The largest absolute Gasteiger partial charge is 0.497 e. The number of aromatic nitrogens is 2. The summed E-state index contributed by atoms with van der Waals surface area (Å²) in [5.74, 6) is 0.460. The SMILES string of the molecule is COc1cccc(-c2nnc(NC(=O)[C@H](C)N)s2)c1. The topological polar surface area (TPSA) is 90.1 Å². The van der Waals surface area contributed by atoms with Crippen LogP contribution in [-0.2, 0) is 4.79 Å². The second-order valence-corrected chi connectivity index (χ2v) is 4.90. The second kappa shape index (κ2) is 5.77. The first-order valence-corrected chi connectivity index (χ1v) is 6.46. The summed E-state index contributed by atoms with van der Waals surface area (Å²) in [5.41, 5.74) is 6.35. The van der Waals surface area contributed by atoms with Crippen molar-refractivity contribution in [1.29, 1.82) is 0 Å². The predicted octanol–water partition coefficient (Wildman–Crippen LogP) is 1.50. The summed E-state index contributed by atoms with van der Waals surface area (Å²) in [6, 6.07) is 6.90. The maximum Gasteiger partial charge on any atom is 0.242 e. The number of carbonyl (C=O) groups excluding carboxylic acids is 1. The molecule has 19 heavy (non-hydrogen) atoms. The van der Waals surface area contributed by atoms with E-state index in [0.29, 0.717) is 10.1 Å². The van der Waals surface area contributed by atoms with E-state index in [2.05, 4.69) is 15.5 Å². The Bertz CT molecular complexity index is 583. The highest BCUT2D eigenvalue weighted by molar-refractivity contribution is 7.18. The Morgan fingerprint density at radius 2 is 2.26 bits per heavy atom. The highest BCUT2D eigenvalue weighted by Crippen LogP contribution is 2.28. The number of hydrogen-bond donors (Lipinski definition) is 2. The summed E-state index contributed by atoms with van der Waals surface area (Å²) in [4.78, 5) is 11.4. The summed E-state index contributed by atoms with van der Waals surface area (Å²) < 4.78 is 5.15. The molecule has 0 aliphatic rings. The zero-order valence-corrected chi connectivity index (χ0v) is 11.4. The van der Waals surface area contributed by atoms with E-state index in [1.54, 1.807) is 14.0 Å². The lowest BCUT2D eigenvalue weighted by Crippen LogP contribution is -2.32. The maximum atomic E-state index is 11.4. The number of rotatable bonds is 4. The highest BCUT2D eigenvalue weighted by atomic mass is 32.1. The summed E-state index contributed by atoms with van der Waals surface area (Å²) in [6.45, 7) is 1.61. The molecule has 0 bridgehead atoms. The molecule has 0 aliphatic heterocycles. The van der Waals surface area contributed by atoms with Crippen molar-refractivity contribution in [1.82, 2.24) is 10.2 Å². The zero-order valence-electron chi connectivity index (χ0n) is 10.6. The Morgan fingerprint density at radius 3 is 2.95 bits per heavy atom. The van der Waals surface area contributed by atoms with Gasteiger partial charge in [0.2, 0.25) is 11.0 Å². The van der Waals surface area contributed by atoms with Crippen molar-refractivity contribution >= 4 is 22.4 Å². The Kier molecular flexibility index (Phi) is 4.08. The van der Waals surface area contributed by atoms with Crippen LogP contribution in [-0.4, -0.2) is 29.3 Å². The molecule has 2 aromatic rings. The molecule has 0 radical (unpaired) electrons. The second-order valence-electron chi connectivity index (χ2n) is 3.92. The van der Waals surface area contributed by atoms with Crippen molar-refractivity contribution in [3.05, 3.63) is 24.3 Å². The summed E-state index contributed by atoms with van der Waals surface area (Å²) in [6.07, 6.45) is 0. The molecule has 7 heteroatoms. The predicted molar refractivity (Wildman–Crippen MR) is 74.2 cm³/mol. The molecule has 100 valence electrons. The third kappa shape index (κ3) is 3.27. The molecule has 0 fully saturated rings. The third-order valence-corrected chi connectivity index (χ3v) is 3.27. The molecular weight excluding hydrogens is 264 g/mol. The van der Waals surface area contributed by atoms with Crippen LogP contribution >= 0.6 is 11.3 Å². The molecule has 1 aromatic heterocycles. The number of nitrogens with one attached hydrogen (secondary N) is 1. The molecule has 0 saturated heterocycles. The van der Waals surface area contributed by atoms with Gasteiger partial charge in [0, 0.05) is 5.56 Å². The minimum atomic E-state index is -0.579. The average Bonchev–Trinajstić information content (AvgIpc) is 2.87. The Balaban J connectivity index is 2.18. The van der Waals surface area contributed by atoms with E-state index in [9.17, 15) is 4.79 Å². The van der Waals surface area contributed by atoms with Gasteiger partial charge in [0.1, 0.15) is 10.8 Å². The van der Waals surface area contributed by atoms with Gasteiger partial charge in [-0.2, -0.15) is 0 Å². The molecule has 0 saturated carbocycles. The van der Waals surface area contributed by atoms with E-state index in [4.69, 9.17) is 10.5 Å². The first-order chi connectivity index (χ1) is 9.10. The van der Waals surface area contributed by atoms with Gasteiger partial charge >= 0.3 is 0 Å². The lowest BCUT2D eigenvalue weighted by Gasteiger charge is -2.02. The van der Waals surface area contributed by atoms with Crippen molar-refractivity contribution in [2.75, 3.05) is 12.4 Å². The fraction of sp³-hybridized carbons (Fsp3) is 0.250. The molecule has 2 rings (SSSR count). The van der Waals surface area contributed by atoms with Gasteiger partial charge in [0.25, 0.3) is 0 Å². The minimum absolute atomic E-state index is 0.284. The molecular formula is C12H14N4O2S. The fourth-order valence-corrected chi connectivity index (χ4v) is 2.11. The summed E-state index contributed by atoms with van der Waals surface area (Å²) in [5, 5.41) is 11.7. The molecule has 3 N–H and O–H groups in total. The smallest absolute Gasteiger partial charge is 0.242 e. The van der Waals surface area contributed by atoms with Gasteiger partial charge in [-0.15, -0.1) is 10.2 Å². The van der Waals surface area contributed by atoms with Crippen LogP contribution in [0.1, 0.15) is 6.92 Å². The van der Waals surface area contributed by atoms with Crippen molar-refractivity contribution in [3.63, 3.8) is 0 Å². The molecule has 1 aromatic carbocycles. The molecule has 1 amide bonds. The van der Waals surface area contributed by atoms with Crippen LogP contribution in [0.3, 0.4) is 0 Å². The lowest BCUT2D eigenvalue weighted by molar-refractivity contribution is -0.117. The molecule has 0 spiro atoms. The highest BCUT2D eigenvalue weighted by Gasteiger charge is 2.12. The number of methoxy groups -OCH3 is 1. The fourth-order valence-electron chi connectivity index (χ4n) is 1.37. The monoisotopic (exact) mass is 278 g/mol. The van der Waals surface area contributed by atoms with Gasteiger partial charge in [0.05, 0.1) is 13.2 Å². The quantitative estimate of drug-likeness (QED) is 0.884. The number of ether oxygens (including phenoxy) is 1. The number of amides is 1. The van der Waals surface area contributed by atoms with Crippen molar-refractivity contribution in [2.24, 2.45) is 5.73 Å². The number of hydrogen-bond acceptors (Lipinski definition) is 6. The zero-order chi connectivity index (χ0) is 13.8. The van der Waals surface area contributed by atoms with Crippen LogP contribution in [0.4, 0.5) is 5.13 Å². The number of nitrogens with two attached hydrogens (primary N) is 1. The molecule has 0 unspecified atom stereocenters. The molecule has 6 nitrogen and oxygen atoms in total. The first kappa shape index (κ1) is 13.4. The Labute approximate surface area is 114 Å². The van der Waals surface area contributed by atoms with Crippen LogP contribution in [0.5, 0.6) is 5.75 Å². The van der Waals surface area contributed by atoms with E-state index >= 15 is 0 Å². The van der Waals surface area contributed by atoms with Gasteiger partial charge in [-0.05, 0) is 19.1 Å². The minimum Gasteiger partial charge on any atom is -0.497 e. The van der Waals surface area contributed by atoms with Gasteiger partial charge < -0.3 is 10.5 Å². The summed E-state index contributed by atoms with van der Waals surface area (Å²) >= 11 is 1.29. The van der Waals surface area contributed by atoms with Crippen LogP contribution in [0.25, 0.3) is 10.6 Å². The van der Waals surface area contributed by atoms with E-state index in [1.165, 1.54) is 11.3 Å². The number of carbonyl (C=O) groups is 1. The van der Waals surface area contributed by atoms with Crippen LogP contribution in [0.2, 0.25) is 0 Å². The number of anilines is 1. The number of benzene rings is 1. The van der Waals surface area contributed by atoms with Crippen molar-refractivity contribution in [3.8, 4) is 16.3 Å². The van der Waals surface area contributed by atoms with E-state index in [0.717, 1.165) is 11.3 Å². The first-order valence-electron chi connectivity index (χ1n) is 5.64. The maximum absolute atomic E-state index is 11.4. The molecule has 1 heterocycles. The van der Waals surface area contributed by atoms with Crippen LogP contribution in [0, 0.1) is 0 Å². The standard InChI is InChI=1S/C12H14N4O2S/c1-7(13)10(17)14-12-16-15-11(19-12)8-4-3-5-9(6-8)18-2/h3-7H,13H2,1-2H3,(H,14,16,17)/t7-/m0/s1. The van der Waals surface area contributed by atoms with E-state index < -0.39 is 6.04 Å². The summed E-state index contributed by atoms with van der Waals surface area (Å²) in [7, 11) is 1.60. The van der Waals surface area contributed by atoms with Crippen LogP contribution < -0.4 is 15.8 Å². The third-order valence-electron chi connectivity index (χ3n) is 2.39. The van der Waals surface area contributed by atoms with E-state index in [-0.39, 0.29) is 5.91 Å². The Hall–Kier alpha value is -1.99. The van der Waals surface area contributed by atoms with Crippen molar-refractivity contribution in [2.45, 2.75) is 13.0 Å². The van der Waals surface area contributed by atoms with Gasteiger partial charge in [-0.25, -0.2) is 0 Å².